The van der Waals surface area contributed by atoms with Crippen LogP contribution in [0.1, 0.15) is 26.2 Å². The van der Waals surface area contributed by atoms with Gasteiger partial charge in [-0.25, -0.2) is 0 Å². The molecule has 0 aliphatic heterocycles. The molecule has 0 amide bonds. The first kappa shape index (κ1) is 10.4. The standard InChI is InChI=1S/C7H15BrO2/c1-7(8)10-6-4-2-3-5-9/h7,9H,2-6H2,1H3. The van der Waals surface area contributed by atoms with Gasteiger partial charge in [-0.1, -0.05) is 15.9 Å². The van der Waals surface area contributed by atoms with Crippen molar-refractivity contribution in [2.45, 2.75) is 31.2 Å². The van der Waals surface area contributed by atoms with E-state index in [0.717, 1.165) is 25.9 Å². The predicted molar refractivity (Wildman–Crippen MR) is 45.3 cm³/mol. The lowest BCUT2D eigenvalue weighted by Gasteiger charge is -2.04. The van der Waals surface area contributed by atoms with E-state index in [0.29, 0.717) is 6.61 Å². The second-order valence-electron chi connectivity index (χ2n) is 2.20. The molecule has 0 aliphatic rings. The maximum Gasteiger partial charge on any atom is 0.109 e. The lowest BCUT2D eigenvalue weighted by atomic mass is 10.2. The van der Waals surface area contributed by atoms with Crippen molar-refractivity contribution in [3.05, 3.63) is 0 Å². The minimum Gasteiger partial charge on any atom is -0.396 e. The van der Waals surface area contributed by atoms with E-state index in [1.165, 1.54) is 0 Å². The molecule has 0 aromatic heterocycles. The molecule has 0 heterocycles. The molecule has 2 nitrogen and oxygen atoms in total. The molecule has 0 bridgehead atoms. The minimum atomic E-state index is 0.154. The highest BCUT2D eigenvalue weighted by molar-refractivity contribution is 9.09. The van der Waals surface area contributed by atoms with Crippen molar-refractivity contribution in [1.82, 2.24) is 0 Å². The smallest absolute Gasteiger partial charge is 0.109 e. The van der Waals surface area contributed by atoms with Crippen LogP contribution in [0.3, 0.4) is 0 Å². The fraction of sp³-hybridized carbons (Fsp3) is 1.00. The molecule has 0 saturated heterocycles. The van der Waals surface area contributed by atoms with E-state index in [2.05, 4.69) is 15.9 Å². The zero-order valence-electron chi connectivity index (χ0n) is 6.35. The molecule has 1 unspecified atom stereocenters. The predicted octanol–water partition coefficient (Wildman–Crippen LogP) is 1.91. The normalized spacial score (nSPS) is 13.5. The molecule has 0 aromatic carbocycles. The molecule has 1 N–H and O–H groups in total. The van der Waals surface area contributed by atoms with Crippen LogP contribution >= 0.6 is 15.9 Å². The van der Waals surface area contributed by atoms with Crippen LogP contribution in [-0.2, 0) is 4.74 Å². The van der Waals surface area contributed by atoms with E-state index in [1.807, 2.05) is 6.92 Å². The summed E-state index contributed by atoms with van der Waals surface area (Å²) in [6.45, 7) is 3.03. The van der Waals surface area contributed by atoms with Crippen LogP contribution in [-0.4, -0.2) is 23.3 Å². The molecule has 10 heavy (non-hydrogen) atoms. The van der Waals surface area contributed by atoms with Gasteiger partial charge in [0.2, 0.25) is 0 Å². The number of hydrogen-bond donors (Lipinski definition) is 1. The molecule has 0 saturated carbocycles. The highest BCUT2D eigenvalue weighted by atomic mass is 79.9. The molecule has 0 aromatic rings. The summed E-state index contributed by atoms with van der Waals surface area (Å²) in [5, 5.41) is 8.58. The topological polar surface area (TPSA) is 29.5 Å². The third kappa shape index (κ3) is 8.40. The fourth-order valence-corrected chi connectivity index (χ4v) is 0.823. The Morgan fingerprint density at radius 3 is 2.60 bits per heavy atom. The van der Waals surface area contributed by atoms with Crippen LogP contribution in [0.2, 0.25) is 0 Å². The molecular formula is C7H15BrO2. The first-order valence-corrected chi connectivity index (χ1v) is 4.55. The van der Waals surface area contributed by atoms with Gasteiger partial charge in [-0.2, -0.15) is 0 Å². The van der Waals surface area contributed by atoms with Crippen LogP contribution in [0.5, 0.6) is 0 Å². The number of aliphatic hydroxyl groups is 1. The third-order valence-electron chi connectivity index (χ3n) is 1.15. The van der Waals surface area contributed by atoms with E-state index in [4.69, 9.17) is 9.84 Å². The number of alkyl halides is 1. The SMILES string of the molecule is CC(Br)OCCCCCO. The molecule has 0 radical (unpaired) electrons. The summed E-state index contributed by atoms with van der Waals surface area (Å²) in [5.41, 5.74) is 0. The van der Waals surface area contributed by atoms with Crippen LogP contribution in [0.4, 0.5) is 0 Å². The maximum atomic E-state index is 8.42. The van der Waals surface area contributed by atoms with E-state index < -0.39 is 0 Å². The van der Waals surface area contributed by atoms with Crippen molar-refractivity contribution in [2.24, 2.45) is 0 Å². The summed E-state index contributed by atoms with van der Waals surface area (Å²) in [6.07, 6.45) is 2.98. The highest BCUT2D eigenvalue weighted by Crippen LogP contribution is 2.02. The van der Waals surface area contributed by atoms with Gasteiger partial charge in [0.05, 0.1) is 0 Å². The van der Waals surface area contributed by atoms with Gasteiger partial charge in [0.15, 0.2) is 0 Å². The minimum absolute atomic E-state index is 0.154. The van der Waals surface area contributed by atoms with Crippen molar-refractivity contribution >= 4 is 15.9 Å². The van der Waals surface area contributed by atoms with Crippen LogP contribution < -0.4 is 0 Å². The first-order chi connectivity index (χ1) is 4.77. The molecule has 3 heteroatoms. The van der Waals surface area contributed by atoms with Gasteiger partial charge < -0.3 is 9.84 Å². The Hall–Kier alpha value is 0.400. The van der Waals surface area contributed by atoms with Gasteiger partial charge in [0.1, 0.15) is 5.01 Å². The summed E-state index contributed by atoms with van der Waals surface area (Å²) in [5.74, 6) is 0. The highest BCUT2D eigenvalue weighted by Gasteiger charge is 1.93. The number of halogens is 1. The fourth-order valence-electron chi connectivity index (χ4n) is 0.636. The Morgan fingerprint density at radius 1 is 1.40 bits per heavy atom. The number of ether oxygens (including phenoxy) is 1. The molecule has 1 atom stereocenters. The van der Waals surface area contributed by atoms with Gasteiger partial charge in [-0.05, 0) is 26.2 Å². The van der Waals surface area contributed by atoms with E-state index in [9.17, 15) is 0 Å². The average molecular weight is 211 g/mol. The quantitative estimate of drug-likeness (QED) is 0.537. The summed E-state index contributed by atoms with van der Waals surface area (Å²) in [4.78, 5) is 0. The number of rotatable bonds is 6. The zero-order chi connectivity index (χ0) is 7.82. The van der Waals surface area contributed by atoms with Gasteiger partial charge in [-0.15, -0.1) is 0 Å². The Kier molecular flexibility index (Phi) is 7.81. The monoisotopic (exact) mass is 210 g/mol. The summed E-state index contributed by atoms with van der Waals surface area (Å²) in [7, 11) is 0. The van der Waals surface area contributed by atoms with E-state index in [1.54, 1.807) is 0 Å². The molecule has 0 spiro atoms. The Labute approximate surface area is 70.7 Å². The first-order valence-electron chi connectivity index (χ1n) is 3.64. The lowest BCUT2D eigenvalue weighted by Crippen LogP contribution is -2.00. The second kappa shape index (κ2) is 7.51. The second-order valence-corrected chi connectivity index (χ2v) is 3.49. The Bertz CT molecular complexity index is 66.6. The molecular weight excluding hydrogens is 196 g/mol. The number of aliphatic hydroxyl groups excluding tert-OH is 1. The Balaban J connectivity index is 2.77. The Morgan fingerprint density at radius 2 is 2.10 bits per heavy atom. The summed E-state index contributed by atoms with van der Waals surface area (Å²) < 4.78 is 5.22. The molecule has 0 aliphatic carbocycles. The summed E-state index contributed by atoms with van der Waals surface area (Å²) >= 11 is 3.27. The van der Waals surface area contributed by atoms with Crippen LogP contribution in [0.15, 0.2) is 0 Å². The van der Waals surface area contributed by atoms with Crippen molar-refractivity contribution in [2.75, 3.05) is 13.2 Å². The molecule has 0 fully saturated rings. The molecule has 0 rings (SSSR count). The zero-order valence-corrected chi connectivity index (χ0v) is 7.93. The van der Waals surface area contributed by atoms with Crippen molar-refractivity contribution in [3.63, 3.8) is 0 Å². The number of unbranched alkanes of at least 4 members (excludes halogenated alkanes) is 2. The maximum absolute atomic E-state index is 8.42. The van der Waals surface area contributed by atoms with Crippen LogP contribution in [0.25, 0.3) is 0 Å². The van der Waals surface area contributed by atoms with E-state index in [-0.39, 0.29) is 5.01 Å². The third-order valence-corrected chi connectivity index (χ3v) is 1.41. The van der Waals surface area contributed by atoms with Crippen molar-refractivity contribution in [1.29, 1.82) is 0 Å². The largest absolute Gasteiger partial charge is 0.396 e. The average Bonchev–Trinajstić information content (AvgIpc) is 1.87. The van der Waals surface area contributed by atoms with Gasteiger partial charge in [0.25, 0.3) is 0 Å². The molecule has 62 valence electrons. The van der Waals surface area contributed by atoms with Gasteiger partial charge >= 0.3 is 0 Å². The lowest BCUT2D eigenvalue weighted by molar-refractivity contribution is 0.123. The number of hydrogen-bond acceptors (Lipinski definition) is 2. The summed E-state index contributed by atoms with van der Waals surface area (Å²) in [6, 6.07) is 0. The van der Waals surface area contributed by atoms with Crippen molar-refractivity contribution < 1.29 is 9.84 Å². The van der Waals surface area contributed by atoms with Crippen LogP contribution in [0, 0.1) is 0 Å². The van der Waals surface area contributed by atoms with Crippen molar-refractivity contribution in [3.8, 4) is 0 Å². The van der Waals surface area contributed by atoms with Gasteiger partial charge in [-0.3, -0.25) is 0 Å². The van der Waals surface area contributed by atoms with E-state index >= 15 is 0 Å². The van der Waals surface area contributed by atoms with Gasteiger partial charge in [0, 0.05) is 13.2 Å².